The van der Waals surface area contributed by atoms with E-state index in [0.717, 1.165) is 17.7 Å². The molecule has 0 bridgehead atoms. The van der Waals surface area contributed by atoms with Crippen LogP contribution in [0.3, 0.4) is 0 Å². The first-order valence-corrected chi connectivity index (χ1v) is 9.30. The van der Waals surface area contributed by atoms with Crippen molar-refractivity contribution in [1.82, 2.24) is 10.2 Å². The summed E-state index contributed by atoms with van der Waals surface area (Å²) >= 11 is 0. The molecule has 1 saturated heterocycles. The molecule has 0 radical (unpaired) electrons. The Morgan fingerprint density at radius 1 is 1.11 bits per heavy atom. The summed E-state index contributed by atoms with van der Waals surface area (Å²) in [5.41, 5.74) is 1.01. The molecule has 6 heteroatoms. The highest BCUT2D eigenvalue weighted by atomic mass is 16.5. The SMILES string of the molecule is CCCc1ccc([C@]2(C)NC(=O)N(CC(=O)c3ccccc3OC)C2=O)cc1. The van der Waals surface area contributed by atoms with Crippen molar-refractivity contribution in [3.63, 3.8) is 0 Å². The summed E-state index contributed by atoms with van der Waals surface area (Å²) in [7, 11) is 1.47. The van der Waals surface area contributed by atoms with Gasteiger partial charge in [-0.15, -0.1) is 0 Å². The molecular weight excluding hydrogens is 356 g/mol. The van der Waals surface area contributed by atoms with Gasteiger partial charge in [-0.2, -0.15) is 0 Å². The maximum atomic E-state index is 13.0. The highest BCUT2D eigenvalue weighted by Crippen LogP contribution is 2.30. The molecule has 2 aromatic carbocycles. The standard InChI is InChI=1S/C22H24N2O4/c1-4-7-15-10-12-16(13-11-15)22(2)20(26)24(21(27)23-22)14-18(25)17-8-5-6-9-19(17)28-3/h5-6,8-13H,4,7,14H2,1-3H3,(H,23,27)/t22-/m0/s1. The maximum Gasteiger partial charge on any atom is 0.325 e. The van der Waals surface area contributed by atoms with Crippen LogP contribution in [0.15, 0.2) is 48.5 Å². The number of benzene rings is 2. The van der Waals surface area contributed by atoms with E-state index in [1.807, 2.05) is 24.3 Å². The van der Waals surface area contributed by atoms with Gasteiger partial charge in [0, 0.05) is 0 Å². The molecular formula is C22H24N2O4. The van der Waals surface area contributed by atoms with Crippen molar-refractivity contribution in [3.05, 3.63) is 65.2 Å². The Labute approximate surface area is 164 Å². The fourth-order valence-electron chi connectivity index (χ4n) is 3.43. The fraction of sp³-hybridized carbons (Fsp3) is 0.318. The average Bonchev–Trinajstić information content (AvgIpc) is 2.92. The van der Waals surface area contributed by atoms with E-state index in [-0.39, 0.29) is 12.3 Å². The van der Waals surface area contributed by atoms with E-state index in [1.54, 1.807) is 31.2 Å². The van der Waals surface area contributed by atoms with E-state index in [0.29, 0.717) is 16.9 Å². The molecule has 1 aliphatic rings. The minimum atomic E-state index is -1.19. The van der Waals surface area contributed by atoms with E-state index in [2.05, 4.69) is 12.2 Å². The summed E-state index contributed by atoms with van der Waals surface area (Å²) in [5, 5.41) is 2.74. The van der Waals surface area contributed by atoms with Crippen molar-refractivity contribution >= 4 is 17.7 Å². The van der Waals surface area contributed by atoms with Gasteiger partial charge in [0.1, 0.15) is 11.3 Å². The number of nitrogens with zero attached hydrogens (tertiary/aromatic N) is 1. The number of carbonyl (C=O) groups excluding carboxylic acids is 3. The lowest BCUT2D eigenvalue weighted by molar-refractivity contribution is -0.130. The number of rotatable bonds is 7. The van der Waals surface area contributed by atoms with Gasteiger partial charge in [0.05, 0.1) is 19.2 Å². The molecule has 0 aromatic heterocycles. The second-order valence-corrected chi connectivity index (χ2v) is 7.02. The number of aryl methyl sites for hydroxylation is 1. The zero-order chi connectivity index (χ0) is 20.3. The lowest BCUT2D eigenvalue weighted by Crippen LogP contribution is -2.41. The first-order valence-electron chi connectivity index (χ1n) is 9.30. The van der Waals surface area contributed by atoms with Gasteiger partial charge in [0.15, 0.2) is 5.78 Å². The van der Waals surface area contributed by atoms with Crippen LogP contribution in [-0.4, -0.2) is 36.3 Å². The van der Waals surface area contributed by atoms with Crippen LogP contribution in [0, 0.1) is 0 Å². The predicted octanol–water partition coefficient (Wildman–Crippen LogP) is 3.30. The molecule has 3 rings (SSSR count). The normalized spacial score (nSPS) is 18.9. The minimum absolute atomic E-state index is 0.336. The Hall–Kier alpha value is -3.15. The number of imide groups is 1. The number of hydrogen-bond acceptors (Lipinski definition) is 4. The van der Waals surface area contributed by atoms with E-state index >= 15 is 0 Å². The monoisotopic (exact) mass is 380 g/mol. The molecule has 3 amide bonds. The summed E-state index contributed by atoms with van der Waals surface area (Å²) in [6, 6.07) is 13.8. The Bertz CT molecular complexity index is 907. The molecule has 0 saturated carbocycles. The lowest BCUT2D eigenvalue weighted by atomic mass is 9.91. The Kier molecular flexibility index (Phi) is 5.49. The molecule has 0 aliphatic carbocycles. The highest BCUT2D eigenvalue weighted by molar-refractivity contribution is 6.11. The fourth-order valence-corrected chi connectivity index (χ4v) is 3.43. The van der Waals surface area contributed by atoms with E-state index < -0.39 is 17.5 Å². The number of ketones is 1. The van der Waals surface area contributed by atoms with Gasteiger partial charge in [-0.3, -0.25) is 14.5 Å². The van der Waals surface area contributed by atoms with Gasteiger partial charge >= 0.3 is 6.03 Å². The van der Waals surface area contributed by atoms with Crippen molar-refractivity contribution in [2.75, 3.05) is 13.7 Å². The summed E-state index contributed by atoms with van der Waals surface area (Å²) < 4.78 is 5.20. The summed E-state index contributed by atoms with van der Waals surface area (Å²) in [6.07, 6.45) is 1.99. The zero-order valence-electron chi connectivity index (χ0n) is 16.3. The molecule has 0 spiro atoms. The van der Waals surface area contributed by atoms with Gasteiger partial charge in [0.2, 0.25) is 0 Å². The van der Waals surface area contributed by atoms with E-state index in [4.69, 9.17) is 4.74 Å². The molecule has 28 heavy (non-hydrogen) atoms. The summed E-state index contributed by atoms with van der Waals surface area (Å²) in [6.45, 7) is 3.43. The minimum Gasteiger partial charge on any atom is -0.496 e. The zero-order valence-corrected chi connectivity index (χ0v) is 16.3. The first kappa shape index (κ1) is 19.6. The number of hydrogen-bond donors (Lipinski definition) is 1. The smallest absolute Gasteiger partial charge is 0.325 e. The summed E-state index contributed by atoms with van der Waals surface area (Å²) in [5.74, 6) is -0.388. The van der Waals surface area contributed by atoms with Gasteiger partial charge in [-0.1, -0.05) is 49.7 Å². The number of urea groups is 1. The highest BCUT2D eigenvalue weighted by Gasteiger charge is 2.49. The van der Waals surface area contributed by atoms with Crippen LogP contribution in [0.1, 0.15) is 41.8 Å². The third-order valence-electron chi connectivity index (χ3n) is 5.05. The Morgan fingerprint density at radius 3 is 2.43 bits per heavy atom. The third-order valence-corrected chi connectivity index (χ3v) is 5.05. The van der Waals surface area contributed by atoms with Crippen LogP contribution < -0.4 is 10.1 Å². The number of para-hydroxylation sites is 1. The average molecular weight is 380 g/mol. The molecule has 2 aromatic rings. The topological polar surface area (TPSA) is 75.7 Å². The van der Waals surface area contributed by atoms with Crippen LogP contribution in [0.2, 0.25) is 0 Å². The van der Waals surface area contributed by atoms with Crippen LogP contribution >= 0.6 is 0 Å². The third kappa shape index (κ3) is 3.50. The number of Topliss-reactive ketones (excluding diaryl/α,β-unsaturated/α-hetero) is 1. The van der Waals surface area contributed by atoms with Gasteiger partial charge < -0.3 is 10.1 Å². The Morgan fingerprint density at radius 2 is 1.79 bits per heavy atom. The van der Waals surface area contributed by atoms with Crippen molar-refractivity contribution in [2.24, 2.45) is 0 Å². The predicted molar refractivity (Wildman–Crippen MR) is 105 cm³/mol. The molecule has 1 aliphatic heterocycles. The summed E-state index contributed by atoms with van der Waals surface area (Å²) in [4.78, 5) is 39.2. The lowest BCUT2D eigenvalue weighted by Gasteiger charge is -2.22. The number of nitrogens with one attached hydrogen (secondary N) is 1. The first-order chi connectivity index (χ1) is 13.4. The van der Waals surface area contributed by atoms with Crippen molar-refractivity contribution in [1.29, 1.82) is 0 Å². The molecule has 1 heterocycles. The van der Waals surface area contributed by atoms with Crippen molar-refractivity contribution < 1.29 is 19.1 Å². The Balaban J connectivity index is 1.82. The number of ether oxygens (including phenoxy) is 1. The van der Waals surface area contributed by atoms with Crippen LogP contribution in [0.25, 0.3) is 0 Å². The second kappa shape index (κ2) is 7.84. The quantitative estimate of drug-likeness (QED) is 0.591. The molecule has 6 nitrogen and oxygen atoms in total. The van der Waals surface area contributed by atoms with Gasteiger partial charge in [0.25, 0.3) is 5.91 Å². The maximum absolute atomic E-state index is 13.0. The molecule has 1 atom stereocenters. The van der Waals surface area contributed by atoms with Crippen molar-refractivity contribution in [3.8, 4) is 5.75 Å². The van der Waals surface area contributed by atoms with E-state index in [1.165, 1.54) is 12.7 Å². The largest absolute Gasteiger partial charge is 0.496 e. The van der Waals surface area contributed by atoms with Gasteiger partial charge in [-0.05, 0) is 36.6 Å². The second-order valence-electron chi connectivity index (χ2n) is 7.02. The molecule has 146 valence electrons. The van der Waals surface area contributed by atoms with Crippen LogP contribution in [0.5, 0.6) is 5.75 Å². The number of amides is 3. The molecule has 1 N–H and O–H groups in total. The number of methoxy groups -OCH3 is 1. The number of carbonyl (C=O) groups is 3. The molecule has 1 fully saturated rings. The molecule has 0 unspecified atom stereocenters. The van der Waals surface area contributed by atoms with Crippen LogP contribution in [-0.2, 0) is 16.8 Å². The van der Waals surface area contributed by atoms with E-state index in [9.17, 15) is 14.4 Å². The van der Waals surface area contributed by atoms with Gasteiger partial charge in [-0.25, -0.2) is 4.79 Å². The van der Waals surface area contributed by atoms with Crippen LogP contribution in [0.4, 0.5) is 4.79 Å². The van der Waals surface area contributed by atoms with Crippen molar-refractivity contribution in [2.45, 2.75) is 32.2 Å².